The summed E-state index contributed by atoms with van der Waals surface area (Å²) in [6.07, 6.45) is 0. The topological polar surface area (TPSA) is 48.1 Å². The molecule has 5 heteroatoms. The van der Waals surface area contributed by atoms with Gasteiger partial charge in [0.05, 0.1) is 6.54 Å². The van der Waals surface area contributed by atoms with Crippen LogP contribution in [0, 0.1) is 5.92 Å². The van der Waals surface area contributed by atoms with Crippen molar-refractivity contribution in [2.45, 2.75) is 46.7 Å². The van der Waals surface area contributed by atoms with Gasteiger partial charge in [0, 0.05) is 23.2 Å². The molecule has 0 spiro atoms. The minimum absolute atomic E-state index is 0.0546. The number of thiocarbonyl (C=S) groups is 1. The van der Waals surface area contributed by atoms with E-state index in [4.69, 9.17) is 12.2 Å². The smallest absolute Gasteiger partial charge is 0.253 e. The van der Waals surface area contributed by atoms with Crippen LogP contribution in [0.15, 0.2) is 35.1 Å². The summed E-state index contributed by atoms with van der Waals surface area (Å²) in [5.74, 6) is 0.448. The van der Waals surface area contributed by atoms with Gasteiger partial charge in [-0.15, -0.1) is 0 Å². The SMILES string of the molecule is CC(C)CN(Cc1cc2ccccc2[nH]c1=O)C(=S)NC(C)(C)C. The van der Waals surface area contributed by atoms with Gasteiger partial charge in [-0.25, -0.2) is 0 Å². The number of nitrogens with one attached hydrogen (secondary N) is 2. The molecule has 0 aliphatic carbocycles. The van der Waals surface area contributed by atoms with Gasteiger partial charge < -0.3 is 15.2 Å². The summed E-state index contributed by atoms with van der Waals surface area (Å²) in [5, 5.41) is 5.06. The van der Waals surface area contributed by atoms with Crippen molar-refractivity contribution in [2.75, 3.05) is 6.54 Å². The van der Waals surface area contributed by atoms with Crippen molar-refractivity contribution in [3.8, 4) is 0 Å². The maximum absolute atomic E-state index is 12.4. The maximum atomic E-state index is 12.4. The van der Waals surface area contributed by atoms with E-state index in [9.17, 15) is 4.79 Å². The lowest BCUT2D eigenvalue weighted by Gasteiger charge is -2.32. The highest BCUT2D eigenvalue weighted by atomic mass is 32.1. The van der Waals surface area contributed by atoms with E-state index in [1.54, 1.807) is 0 Å². The van der Waals surface area contributed by atoms with Crippen LogP contribution in [0.4, 0.5) is 0 Å². The first-order valence-electron chi connectivity index (χ1n) is 8.34. The van der Waals surface area contributed by atoms with Crippen molar-refractivity contribution >= 4 is 28.2 Å². The second kappa shape index (κ2) is 7.34. The molecule has 0 atom stereocenters. The maximum Gasteiger partial charge on any atom is 0.253 e. The zero-order valence-corrected chi connectivity index (χ0v) is 16.0. The van der Waals surface area contributed by atoms with Gasteiger partial charge >= 0.3 is 0 Å². The third-order valence-corrected chi connectivity index (χ3v) is 3.91. The molecule has 1 aromatic heterocycles. The Kier molecular flexibility index (Phi) is 5.65. The van der Waals surface area contributed by atoms with E-state index >= 15 is 0 Å². The summed E-state index contributed by atoms with van der Waals surface area (Å²) in [6, 6.07) is 9.78. The Labute approximate surface area is 149 Å². The molecule has 130 valence electrons. The first-order chi connectivity index (χ1) is 11.2. The number of H-pyrrole nitrogens is 1. The number of hydrogen-bond acceptors (Lipinski definition) is 2. The van der Waals surface area contributed by atoms with Gasteiger partial charge in [-0.1, -0.05) is 32.0 Å². The van der Waals surface area contributed by atoms with Crippen LogP contribution in [0.5, 0.6) is 0 Å². The van der Waals surface area contributed by atoms with Crippen LogP contribution in [0.25, 0.3) is 10.9 Å². The first kappa shape index (κ1) is 18.5. The molecule has 0 fully saturated rings. The molecular weight excluding hydrogens is 318 g/mol. The fourth-order valence-corrected chi connectivity index (χ4v) is 3.02. The highest BCUT2D eigenvalue weighted by Gasteiger charge is 2.18. The van der Waals surface area contributed by atoms with Crippen LogP contribution in [0.1, 0.15) is 40.2 Å². The molecule has 1 aromatic carbocycles. The summed E-state index contributed by atoms with van der Waals surface area (Å²) in [6.45, 7) is 11.8. The number of pyridine rings is 1. The molecule has 2 aromatic rings. The predicted octanol–water partition coefficient (Wildman–Crippen LogP) is 3.66. The van der Waals surface area contributed by atoms with Crippen molar-refractivity contribution in [1.82, 2.24) is 15.2 Å². The molecule has 1 heterocycles. The normalized spacial score (nSPS) is 11.8. The third kappa shape index (κ3) is 5.06. The van der Waals surface area contributed by atoms with Crippen LogP contribution in [-0.2, 0) is 6.54 Å². The van der Waals surface area contributed by atoms with Gasteiger partial charge in [-0.2, -0.15) is 0 Å². The fraction of sp³-hybridized carbons (Fsp3) is 0.474. The molecule has 2 rings (SSSR count). The average molecular weight is 346 g/mol. The molecule has 0 amide bonds. The van der Waals surface area contributed by atoms with Crippen LogP contribution in [-0.4, -0.2) is 27.1 Å². The van der Waals surface area contributed by atoms with Crippen LogP contribution in [0.2, 0.25) is 0 Å². The fourth-order valence-electron chi connectivity index (χ4n) is 2.58. The van der Waals surface area contributed by atoms with E-state index in [1.807, 2.05) is 30.3 Å². The number of aromatic nitrogens is 1. The molecule has 0 unspecified atom stereocenters. The van der Waals surface area contributed by atoms with Crippen LogP contribution >= 0.6 is 12.2 Å². The summed E-state index contributed by atoms with van der Waals surface area (Å²) in [5.41, 5.74) is 1.42. The lowest BCUT2D eigenvalue weighted by atomic mass is 10.1. The second-order valence-corrected chi connectivity index (χ2v) is 8.05. The van der Waals surface area contributed by atoms with Crippen LogP contribution < -0.4 is 10.9 Å². The van der Waals surface area contributed by atoms with Gasteiger partial charge in [-0.05, 0) is 56.4 Å². The van der Waals surface area contributed by atoms with E-state index in [0.717, 1.165) is 23.0 Å². The second-order valence-electron chi connectivity index (χ2n) is 7.67. The Morgan fingerprint density at radius 3 is 2.58 bits per heavy atom. The van der Waals surface area contributed by atoms with Crippen molar-refractivity contribution in [3.63, 3.8) is 0 Å². The number of para-hydroxylation sites is 1. The van der Waals surface area contributed by atoms with E-state index in [1.165, 1.54) is 0 Å². The van der Waals surface area contributed by atoms with Gasteiger partial charge in [0.15, 0.2) is 5.11 Å². The largest absolute Gasteiger partial charge is 0.358 e. The minimum Gasteiger partial charge on any atom is -0.358 e. The molecule has 0 bridgehead atoms. The van der Waals surface area contributed by atoms with E-state index in [-0.39, 0.29) is 11.1 Å². The van der Waals surface area contributed by atoms with Gasteiger partial charge in [-0.3, -0.25) is 4.79 Å². The number of fused-ring (bicyclic) bond motifs is 1. The monoisotopic (exact) mass is 345 g/mol. The molecule has 0 saturated heterocycles. The molecule has 0 radical (unpaired) electrons. The highest BCUT2D eigenvalue weighted by molar-refractivity contribution is 7.80. The number of nitrogens with zero attached hydrogens (tertiary/aromatic N) is 1. The zero-order valence-electron chi connectivity index (χ0n) is 15.1. The minimum atomic E-state index is -0.109. The first-order valence-corrected chi connectivity index (χ1v) is 8.74. The van der Waals surface area contributed by atoms with Gasteiger partial charge in [0.25, 0.3) is 5.56 Å². The average Bonchev–Trinajstić information content (AvgIpc) is 2.45. The predicted molar refractivity (Wildman–Crippen MR) is 105 cm³/mol. The Balaban J connectivity index is 2.30. The molecule has 0 aliphatic rings. The Morgan fingerprint density at radius 2 is 1.96 bits per heavy atom. The quantitative estimate of drug-likeness (QED) is 0.830. The molecule has 2 N–H and O–H groups in total. The zero-order chi connectivity index (χ0) is 17.9. The summed E-state index contributed by atoms with van der Waals surface area (Å²) in [7, 11) is 0. The van der Waals surface area contributed by atoms with E-state index < -0.39 is 0 Å². The number of aromatic amines is 1. The van der Waals surface area contributed by atoms with Gasteiger partial charge in [0.1, 0.15) is 0 Å². The molecule has 24 heavy (non-hydrogen) atoms. The van der Waals surface area contributed by atoms with Crippen molar-refractivity contribution in [2.24, 2.45) is 5.92 Å². The molecule has 0 saturated carbocycles. The van der Waals surface area contributed by atoms with Gasteiger partial charge in [0.2, 0.25) is 0 Å². The molecular formula is C19H27N3OS. The lowest BCUT2D eigenvalue weighted by molar-refractivity contribution is 0.340. The summed E-state index contributed by atoms with van der Waals surface area (Å²) < 4.78 is 0. The van der Waals surface area contributed by atoms with Crippen molar-refractivity contribution in [1.29, 1.82) is 0 Å². The van der Waals surface area contributed by atoms with Crippen molar-refractivity contribution in [3.05, 3.63) is 46.2 Å². The lowest BCUT2D eigenvalue weighted by Crippen LogP contribution is -2.49. The molecule has 4 nitrogen and oxygen atoms in total. The van der Waals surface area contributed by atoms with E-state index in [0.29, 0.717) is 17.6 Å². The Hall–Kier alpha value is -1.88. The molecule has 0 aliphatic heterocycles. The van der Waals surface area contributed by atoms with Crippen LogP contribution in [0.3, 0.4) is 0 Å². The number of hydrogen-bond donors (Lipinski definition) is 2. The van der Waals surface area contributed by atoms with Crippen molar-refractivity contribution < 1.29 is 0 Å². The summed E-state index contributed by atoms with van der Waals surface area (Å²) in [4.78, 5) is 17.4. The number of rotatable bonds is 4. The summed E-state index contributed by atoms with van der Waals surface area (Å²) >= 11 is 5.58. The Bertz CT molecular complexity index is 774. The standard InChI is InChI=1S/C19H27N3OS/c1-13(2)11-22(18(24)21-19(3,4)5)12-15-10-14-8-6-7-9-16(14)20-17(15)23/h6-10,13H,11-12H2,1-5H3,(H,20,23)(H,21,24). The third-order valence-electron chi connectivity index (χ3n) is 3.55. The number of benzene rings is 1. The highest BCUT2D eigenvalue weighted by Crippen LogP contribution is 2.13. The van der Waals surface area contributed by atoms with E-state index in [2.05, 4.69) is 49.8 Å². The Morgan fingerprint density at radius 1 is 1.29 bits per heavy atom.